The van der Waals surface area contributed by atoms with Crippen LogP contribution in [-0.2, 0) is 24.2 Å². The molecule has 1 heterocycles. The van der Waals surface area contributed by atoms with E-state index >= 15 is 0 Å². The average Bonchev–Trinajstić information content (AvgIpc) is 2.61. The number of carbonyl (C=O) groups excluding carboxylic acids is 2. The molecule has 3 rings (SSSR count). The summed E-state index contributed by atoms with van der Waals surface area (Å²) >= 11 is 0. The Kier molecular flexibility index (Phi) is 4.94. The van der Waals surface area contributed by atoms with Crippen LogP contribution in [0.15, 0.2) is 48.5 Å². The lowest BCUT2D eigenvalue weighted by atomic mass is 9.98. The van der Waals surface area contributed by atoms with E-state index in [0.717, 1.165) is 18.5 Å². The average molecular weight is 321 g/mol. The number of hydrogen-bond donors (Lipinski definition) is 1. The van der Waals surface area contributed by atoms with Gasteiger partial charge < -0.3 is 10.6 Å². The van der Waals surface area contributed by atoms with Crippen molar-refractivity contribution in [2.75, 3.05) is 6.54 Å². The van der Waals surface area contributed by atoms with E-state index in [0.29, 0.717) is 24.9 Å². The zero-order chi connectivity index (χ0) is 16.9. The van der Waals surface area contributed by atoms with Crippen LogP contribution in [0, 0.1) is 6.42 Å². The van der Waals surface area contributed by atoms with Crippen LogP contribution < -0.4 is 5.73 Å². The van der Waals surface area contributed by atoms with Crippen LogP contribution in [0.3, 0.4) is 0 Å². The summed E-state index contributed by atoms with van der Waals surface area (Å²) in [6.07, 6.45) is 3.85. The molecule has 1 aliphatic rings. The molecule has 0 aliphatic carbocycles. The lowest BCUT2D eigenvalue weighted by molar-refractivity contribution is -0.128. The summed E-state index contributed by atoms with van der Waals surface area (Å²) in [6.45, 7) is 1.42. The summed E-state index contributed by atoms with van der Waals surface area (Å²) in [5.41, 5.74) is 9.36. The molecule has 0 saturated carbocycles. The first kappa shape index (κ1) is 16.2. The van der Waals surface area contributed by atoms with Gasteiger partial charge in [-0.25, -0.2) is 0 Å². The summed E-state index contributed by atoms with van der Waals surface area (Å²) < 4.78 is 0. The lowest BCUT2D eigenvalue weighted by Gasteiger charge is -2.28. The minimum Gasteiger partial charge on any atom is -0.366 e. The van der Waals surface area contributed by atoms with Crippen LogP contribution >= 0.6 is 0 Å². The molecule has 2 aromatic rings. The van der Waals surface area contributed by atoms with Crippen LogP contribution in [0.1, 0.15) is 33.5 Å². The second kappa shape index (κ2) is 7.30. The number of nitrogens with two attached hydrogens (primary N) is 1. The molecule has 0 aromatic heterocycles. The SMILES string of the molecule is NC(=O)c1ccccc1CC[CH]C(=O)N1CCc2ccccc2C1. The Morgan fingerprint density at radius 2 is 1.75 bits per heavy atom. The van der Waals surface area contributed by atoms with Gasteiger partial charge >= 0.3 is 0 Å². The van der Waals surface area contributed by atoms with Gasteiger partial charge in [-0.15, -0.1) is 0 Å². The normalized spacial score (nSPS) is 13.4. The molecule has 0 atom stereocenters. The van der Waals surface area contributed by atoms with Gasteiger partial charge in [-0.2, -0.15) is 0 Å². The Morgan fingerprint density at radius 3 is 2.54 bits per heavy atom. The molecule has 4 heteroatoms. The van der Waals surface area contributed by atoms with Crippen molar-refractivity contribution in [1.29, 1.82) is 0 Å². The highest BCUT2D eigenvalue weighted by atomic mass is 16.2. The predicted octanol–water partition coefficient (Wildman–Crippen LogP) is 2.51. The monoisotopic (exact) mass is 321 g/mol. The second-order valence-corrected chi connectivity index (χ2v) is 6.04. The van der Waals surface area contributed by atoms with Gasteiger partial charge in [0.2, 0.25) is 11.8 Å². The van der Waals surface area contributed by atoms with Gasteiger partial charge in [0.1, 0.15) is 0 Å². The first-order valence-electron chi connectivity index (χ1n) is 8.22. The summed E-state index contributed by atoms with van der Waals surface area (Å²) in [7, 11) is 0. The van der Waals surface area contributed by atoms with Crippen molar-refractivity contribution in [3.8, 4) is 0 Å². The Balaban J connectivity index is 1.55. The minimum atomic E-state index is -0.426. The molecule has 1 aliphatic heterocycles. The molecule has 123 valence electrons. The number of hydrogen-bond acceptors (Lipinski definition) is 2. The number of benzene rings is 2. The van der Waals surface area contributed by atoms with Crippen molar-refractivity contribution < 1.29 is 9.59 Å². The Morgan fingerprint density at radius 1 is 1.04 bits per heavy atom. The second-order valence-electron chi connectivity index (χ2n) is 6.04. The first-order chi connectivity index (χ1) is 11.6. The Bertz CT molecular complexity index is 755. The van der Waals surface area contributed by atoms with E-state index < -0.39 is 5.91 Å². The third kappa shape index (κ3) is 3.65. The van der Waals surface area contributed by atoms with E-state index in [2.05, 4.69) is 12.1 Å². The van der Waals surface area contributed by atoms with E-state index in [4.69, 9.17) is 5.73 Å². The quantitative estimate of drug-likeness (QED) is 0.919. The van der Waals surface area contributed by atoms with Gasteiger partial charge in [-0.1, -0.05) is 42.5 Å². The molecule has 2 amide bonds. The highest BCUT2D eigenvalue weighted by Gasteiger charge is 2.20. The smallest absolute Gasteiger partial charge is 0.248 e. The van der Waals surface area contributed by atoms with Crippen LogP contribution in [0.25, 0.3) is 0 Å². The fourth-order valence-electron chi connectivity index (χ4n) is 3.14. The summed E-state index contributed by atoms with van der Waals surface area (Å²) in [6, 6.07) is 15.5. The fourth-order valence-corrected chi connectivity index (χ4v) is 3.14. The fraction of sp³-hybridized carbons (Fsp3) is 0.250. The summed E-state index contributed by atoms with van der Waals surface area (Å²) in [4.78, 5) is 25.7. The van der Waals surface area contributed by atoms with Crippen molar-refractivity contribution in [2.45, 2.75) is 25.8 Å². The van der Waals surface area contributed by atoms with Crippen molar-refractivity contribution in [3.63, 3.8) is 0 Å². The van der Waals surface area contributed by atoms with Gasteiger partial charge in [0.05, 0.1) is 6.42 Å². The Hall–Kier alpha value is -2.62. The maximum atomic E-state index is 12.4. The topological polar surface area (TPSA) is 63.4 Å². The van der Waals surface area contributed by atoms with Gasteiger partial charge in [0, 0.05) is 18.7 Å². The number of rotatable bonds is 5. The zero-order valence-corrected chi connectivity index (χ0v) is 13.6. The van der Waals surface area contributed by atoms with Crippen LogP contribution in [-0.4, -0.2) is 23.3 Å². The van der Waals surface area contributed by atoms with Crippen molar-refractivity contribution in [3.05, 3.63) is 77.2 Å². The van der Waals surface area contributed by atoms with Crippen LogP contribution in [0.5, 0.6) is 0 Å². The van der Waals surface area contributed by atoms with E-state index in [9.17, 15) is 9.59 Å². The van der Waals surface area contributed by atoms with Crippen molar-refractivity contribution in [2.24, 2.45) is 5.73 Å². The lowest BCUT2D eigenvalue weighted by Crippen LogP contribution is -2.36. The largest absolute Gasteiger partial charge is 0.366 e. The zero-order valence-electron chi connectivity index (χ0n) is 13.6. The molecule has 4 nitrogen and oxygen atoms in total. The summed E-state index contributed by atoms with van der Waals surface area (Å²) in [5.74, 6) is -0.370. The standard InChI is InChI=1S/C20H21N2O2/c21-20(24)18-10-4-3-7-16(18)9-5-11-19(23)22-13-12-15-6-1-2-8-17(15)14-22/h1-4,6-8,10-11H,5,9,12-14H2,(H2,21,24). The molecule has 0 fully saturated rings. The highest BCUT2D eigenvalue weighted by molar-refractivity contribution is 5.94. The number of carbonyl (C=O) groups is 2. The number of nitrogens with zero attached hydrogens (tertiary/aromatic N) is 1. The first-order valence-corrected chi connectivity index (χ1v) is 8.22. The van der Waals surface area contributed by atoms with E-state index in [-0.39, 0.29) is 5.91 Å². The maximum Gasteiger partial charge on any atom is 0.248 e. The molecular formula is C20H21N2O2. The molecular weight excluding hydrogens is 300 g/mol. The number of primary amides is 1. The van der Waals surface area contributed by atoms with Crippen LogP contribution in [0.2, 0.25) is 0 Å². The van der Waals surface area contributed by atoms with Gasteiger partial charge in [-0.05, 0) is 42.0 Å². The minimum absolute atomic E-state index is 0.0565. The number of amides is 2. The van der Waals surface area contributed by atoms with Crippen LogP contribution in [0.4, 0.5) is 0 Å². The maximum absolute atomic E-state index is 12.4. The third-order valence-corrected chi connectivity index (χ3v) is 4.46. The number of aryl methyl sites for hydroxylation is 1. The third-order valence-electron chi connectivity index (χ3n) is 4.46. The number of fused-ring (bicyclic) bond motifs is 1. The predicted molar refractivity (Wildman–Crippen MR) is 93.1 cm³/mol. The van der Waals surface area contributed by atoms with Gasteiger partial charge in [-0.3, -0.25) is 9.59 Å². The van der Waals surface area contributed by atoms with Gasteiger partial charge in [0.25, 0.3) is 0 Å². The van der Waals surface area contributed by atoms with E-state index in [1.807, 2.05) is 29.2 Å². The molecule has 24 heavy (non-hydrogen) atoms. The van der Waals surface area contributed by atoms with Gasteiger partial charge in [0.15, 0.2) is 0 Å². The molecule has 2 N–H and O–H groups in total. The molecule has 0 spiro atoms. The molecule has 2 aromatic carbocycles. The van der Waals surface area contributed by atoms with Crippen molar-refractivity contribution in [1.82, 2.24) is 4.90 Å². The molecule has 0 bridgehead atoms. The summed E-state index contributed by atoms with van der Waals surface area (Å²) in [5, 5.41) is 0. The van der Waals surface area contributed by atoms with E-state index in [1.165, 1.54) is 11.1 Å². The molecule has 0 saturated heterocycles. The van der Waals surface area contributed by atoms with Crippen molar-refractivity contribution >= 4 is 11.8 Å². The Labute approximate surface area is 142 Å². The molecule has 0 unspecified atom stereocenters. The highest BCUT2D eigenvalue weighted by Crippen LogP contribution is 2.19. The van der Waals surface area contributed by atoms with E-state index in [1.54, 1.807) is 18.6 Å². The molecule has 1 radical (unpaired) electrons.